The third-order valence-corrected chi connectivity index (χ3v) is 3.25. The summed E-state index contributed by atoms with van der Waals surface area (Å²) in [5.74, 6) is 2.27. The average Bonchev–Trinajstić information content (AvgIpc) is 2.89. The van der Waals surface area contributed by atoms with E-state index in [2.05, 4.69) is 29.5 Å². The summed E-state index contributed by atoms with van der Waals surface area (Å²) in [5.41, 5.74) is 7.11. The van der Waals surface area contributed by atoms with Gasteiger partial charge in [0.2, 0.25) is 0 Å². The van der Waals surface area contributed by atoms with Crippen molar-refractivity contribution in [2.45, 2.75) is 25.8 Å². The number of hydrogen-bond donors (Lipinski definition) is 1. The second-order valence-corrected chi connectivity index (χ2v) is 4.88. The summed E-state index contributed by atoms with van der Waals surface area (Å²) in [6, 6.07) is 8.12. The molecule has 19 heavy (non-hydrogen) atoms. The van der Waals surface area contributed by atoms with Gasteiger partial charge in [0.15, 0.2) is 0 Å². The van der Waals surface area contributed by atoms with E-state index >= 15 is 0 Å². The van der Waals surface area contributed by atoms with Crippen LogP contribution in [-0.2, 0) is 0 Å². The second kappa shape index (κ2) is 5.89. The van der Waals surface area contributed by atoms with E-state index in [1.807, 2.05) is 30.6 Å². The van der Waals surface area contributed by atoms with E-state index in [1.165, 1.54) is 0 Å². The highest BCUT2D eigenvalue weighted by Gasteiger charge is 2.17. The molecular formula is C15H21N3O. The molecule has 1 atom stereocenters. The Morgan fingerprint density at radius 3 is 2.79 bits per heavy atom. The summed E-state index contributed by atoms with van der Waals surface area (Å²) in [6.45, 7) is 4.80. The molecule has 0 aliphatic heterocycles. The molecule has 4 heteroatoms. The van der Waals surface area contributed by atoms with Crippen molar-refractivity contribution in [2.24, 2.45) is 5.73 Å². The third kappa shape index (κ3) is 2.79. The lowest BCUT2D eigenvalue weighted by Gasteiger charge is -2.21. The Morgan fingerprint density at radius 1 is 1.37 bits per heavy atom. The predicted molar refractivity (Wildman–Crippen MR) is 76.5 cm³/mol. The third-order valence-electron chi connectivity index (χ3n) is 3.25. The van der Waals surface area contributed by atoms with Crippen molar-refractivity contribution >= 4 is 0 Å². The molecule has 1 aromatic carbocycles. The number of nitrogens with two attached hydrogens (primary N) is 1. The molecule has 0 saturated heterocycles. The first-order valence-corrected chi connectivity index (χ1v) is 6.54. The molecule has 0 fully saturated rings. The highest BCUT2D eigenvalue weighted by molar-refractivity contribution is 5.31. The van der Waals surface area contributed by atoms with Crippen LogP contribution in [0.5, 0.6) is 5.75 Å². The summed E-state index contributed by atoms with van der Waals surface area (Å²) < 4.78 is 7.43. The summed E-state index contributed by atoms with van der Waals surface area (Å²) in [4.78, 5) is 4.43. The first-order chi connectivity index (χ1) is 9.17. The number of methoxy groups -OCH3 is 1. The van der Waals surface area contributed by atoms with E-state index in [0.29, 0.717) is 12.5 Å². The molecule has 0 bridgehead atoms. The lowest BCUT2D eigenvalue weighted by Crippen LogP contribution is -2.22. The normalized spacial score (nSPS) is 12.7. The molecule has 2 N–H and O–H groups in total. The van der Waals surface area contributed by atoms with Gasteiger partial charge in [0.25, 0.3) is 0 Å². The van der Waals surface area contributed by atoms with Crippen LogP contribution in [0.25, 0.3) is 0 Å². The van der Waals surface area contributed by atoms with Gasteiger partial charge in [-0.25, -0.2) is 4.98 Å². The molecule has 0 radical (unpaired) electrons. The van der Waals surface area contributed by atoms with E-state index in [0.717, 1.165) is 17.1 Å². The minimum Gasteiger partial charge on any atom is -0.497 e. The Hall–Kier alpha value is -1.81. The van der Waals surface area contributed by atoms with Crippen molar-refractivity contribution in [2.75, 3.05) is 13.7 Å². The van der Waals surface area contributed by atoms with Crippen LogP contribution in [-0.4, -0.2) is 23.2 Å². The topological polar surface area (TPSA) is 53.1 Å². The van der Waals surface area contributed by atoms with Crippen LogP contribution in [0, 0.1) is 0 Å². The SMILES string of the molecule is COc1cccc(C(CN)n2ccnc2C(C)C)c1. The Morgan fingerprint density at radius 2 is 2.16 bits per heavy atom. The molecule has 1 heterocycles. The molecule has 0 saturated carbocycles. The maximum absolute atomic E-state index is 5.97. The molecule has 0 aliphatic rings. The van der Waals surface area contributed by atoms with Crippen LogP contribution in [0.2, 0.25) is 0 Å². The quantitative estimate of drug-likeness (QED) is 0.897. The van der Waals surface area contributed by atoms with Crippen molar-refractivity contribution in [3.8, 4) is 5.75 Å². The van der Waals surface area contributed by atoms with Crippen LogP contribution in [0.3, 0.4) is 0 Å². The van der Waals surface area contributed by atoms with Gasteiger partial charge in [-0.05, 0) is 17.7 Å². The van der Waals surface area contributed by atoms with Gasteiger partial charge in [0, 0.05) is 24.9 Å². The van der Waals surface area contributed by atoms with Gasteiger partial charge in [-0.2, -0.15) is 0 Å². The number of rotatable bonds is 5. The molecule has 0 spiro atoms. The van der Waals surface area contributed by atoms with Crippen molar-refractivity contribution in [1.29, 1.82) is 0 Å². The largest absolute Gasteiger partial charge is 0.497 e. The van der Waals surface area contributed by atoms with Crippen molar-refractivity contribution < 1.29 is 4.74 Å². The number of nitrogens with zero attached hydrogens (tertiary/aromatic N) is 2. The Bertz CT molecular complexity index is 534. The summed E-state index contributed by atoms with van der Waals surface area (Å²) in [7, 11) is 1.67. The Balaban J connectivity index is 2.41. The molecule has 0 aliphatic carbocycles. The Kier molecular flexibility index (Phi) is 4.22. The second-order valence-electron chi connectivity index (χ2n) is 4.88. The van der Waals surface area contributed by atoms with Crippen molar-refractivity contribution in [3.63, 3.8) is 0 Å². The van der Waals surface area contributed by atoms with Crippen LogP contribution in [0.1, 0.15) is 37.2 Å². The summed E-state index contributed by atoms with van der Waals surface area (Å²) in [6.07, 6.45) is 3.82. The van der Waals surface area contributed by atoms with Gasteiger partial charge in [-0.3, -0.25) is 0 Å². The smallest absolute Gasteiger partial charge is 0.119 e. The molecule has 102 valence electrons. The number of benzene rings is 1. The molecular weight excluding hydrogens is 238 g/mol. The van der Waals surface area contributed by atoms with Gasteiger partial charge in [0.1, 0.15) is 11.6 Å². The minimum absolute atomic E-state index is 0.0926. The van der Waals surface area contributed by atoms with Gasteiger partial charge in [0.05, 0.1) is 13.2 Å². The van der Waals surface area contributed by atoms with Gasteiger partial charge in [-0.1, -0.05) is 26.0 Å². The van der Waals surface area contributed by atoms with Crippen molar-refractivity contribution in [3.05, 3.63) is 48.0 Å². The van der Waals surface area contributed by atoms with Crippen LogP contribution < -0.4 is 10.5 Å². The van der Waals surface area contributed by atoms with Crippen molar-refractivity contribution in [1.82, 2.24) is 9.55 Å². The fourth-order valence-electron chi connectivity index (χ4n) is 2.29. The molecule has 1 unspecified atom stereocenters. The lowest BCUT2D eigenvalue weighted by molar-refractivity contribution is 0.413. The van der Waals surface area contributed by atoms with E-state index < -0.39 is 0 Å². The van der Waals surface area contributed by atoms with Gasteiger partial charge < -0.3 is 15.0 Å². The van der Waals surface area contributed by atoms with E-state index in [9.17, 15) is 0 Å². The maximum Gasteiger partial charge on any atom is 0.119 e. The molecule has 2 rings (SSSR count). The van der Waals surface area contributed by atoms with E-state index in [-0.39, 0.29) is 6.04 Å². The summed E-state index contributed by atoms with van der Waals surface area (Å²) in [5, 5.41) is 0. The van der Waals surface area contributed by atoms with E-state index in [4.69, 9.17) is 10.5 Å². The van der Waals surface area contributed by atoms with Crippen LogP contribution in [0.4, 0.5) is 0 Å². The fraction of sp³-hybridized carbons (Fsp3) is 0.400. The molecule has 0 amide bonds. The lowest BCUT2D eigenvalue weighted by atomic mass is 10.1. The zero-order chi connectivity index (χ0) is 13.8. The first-order valence-electron chi connectivity index (χ1n) is 6.54. The predicted octanol–water partition coefficient (Wildman–Crippen LogP) is 2.56. The van der Waals surface area contributed by atoms with Crippen LogP contribution >= 0.6 is 0 Å². The average molecular weight is 259 g/mol. The zero-order valence-corrected chi connectivity index (χ0v) is 11.7. The molecule has 2 aromatic rings. The number of aromatic nitrogens is 2. The van der Waals surface area contributed by atoms with Gasteiger partial charge in [-0.15, -0.1) is 0 Å². The monoisotopic (exact) mass is 259 g/mol. The number of imidazole rings is 1. The number of ether oxygens (including phenoxy) is 1. The standard InChI is InChI=1S/C15H21N3O/c1-11(2)15-17-7-8-18(15)14(10-16)12-5-4-6-13(9-12)19-3/h4-9,11,14H,10,16H2,1-3H3. The minimum atomic E-state index is 0.0926. The summed E-state index contributed by atoms with van der Waals surface area (Å²) >= 11 is 0. The molecule has 1 aromatic heterocycles. The first kappa shape index (κ1) is 13.6. The highest BCUT2D eigenvalue weighted by atomic mass is 16.5. The van der Waals surface area contributed by atoms with Gasteiger partial charge >= 0.3 is 0 Å². The Labute approximate surface area is 114 Å². The number of hydrogen-bond acceptors (Lipinski definition) is 3. The van der Waals surface area contributed by atoms with E-state index in [1.54, 1.807) is 7.11 Å². The van der Waals surface area contributed by atoms with Crippen LogP contribution in [0.15, 0.2) is 36.7 Å². The molecule has 4 nitrogen and oxygen atoms in total. The zero-order valence-electron chi connectivity index (χ0n) is 11.7. The highest BCUT2D eigenvalue weighted by Crippen LogP contribution is 2.25. The fourth-order valence-corrected chi connectivity index (χ4v) is 2.29. The maximum atomic E-state index is 5.97.